The third kappa shape index (κ3) is 22.2. The van der Waals surface area contributed by atoms with Gasteiger partial charge in [-0.3, -0.25) is 0 Å². The van der Waals surface area contributed by atoms with Crippen LogP contribution in [-0.2, 0) is 9.47 Å². The average molecular weight is 633 g/mol. The predicted octanol–water partition coefficient (Wildman–Crippen LogP) is 14.0. The second kappa shape index (κ2) is 28.5. The molecule has 0 heterocycles. The Bertz CT molecular complexity index is 735. The highest BCUT2D eigenvalue weighted by molar-refractivity contribution is 7.80. The van der Waals surface area contributed by atoms with E-state index >= 15 is 0 Å². The van der Waals surface area contributed by atoms with E-state index in [1.807, 2.05) is 30.3 Å². The van der Waals surface area contributed by atoms with Gasteiger partial charge in [0.15, 0.2) is 10.1 Å². The van der Waals surface area contributed by atoms with Crippen LogP contribution in [0.5, 0.6) is 0 Å². The zero-order chi connectivity index (χ0) is 31.4. The molecule has 1 aromatic rings. The number of rotatable bonds is 29. The van der Waals surface area contributed by atoms with Crippen LogP contribution in [0.3, 0.4) is 0 Å². The van der Waals surface area contributed by atoms with Gasteiger partial charge in [-0.15, -0.1) is 0 Å². The molecule has 0 bridgehead atoms. The summed E-state index contributed by atoms with van der Waals surface area (Å²) in [5.74, 6) is 0.455. The van der Waals surface area contributed by atoms with Crippen molar-refractivity contribution in [3.63, 3.8) is 0 Å². The molecule has 0 saturated carbocycles. The van der Waals surface area contributed by atoms with E-state index in [-0.39, 0.29) is 11.8 Å². The van der Waals surface area contributed by atoms with E-state index in [9.17, 15) is 0 Å². The minimum absolute atomic E-state index is 0.228. The molecule has 0 aliphatic rings. The predicted molar refractivity (Wildman–Crippen MR) is 197 cm³/mol. The van der Waals surface area contributed by atoms with Crippen LogP contribution in [0.4, 0.5) is 0 Å². The van der Waals surface area contributed by atoms with Crippen molar-refractivity contribution >= 4 is 34.5 Å². The van der Waals surface area contributed by atoms with Crippen molar-refractivity contribution in [2.24, 2.45) is 11.8 Å². The van der Waals surface area contributed by atoms with Crippen molar-refractivity contribution < 1.29 is 9.47 Å². The zero-order valence-electron chi connectivity index (χ0n) is 28.7. The molecule has 2 nitrogen and oxygen atoms in total. The molecule has 1 aromatic carbocycles. The highest BCUT2D eigenvalue weighted by Crippen LogP contribution is 2.26. The summed E-state index contributed by atoms with van der Waals surface area (Å²) in [4.78, 5) is 0. The van der Waals surface area contributed by atoms with Crippen LogP contribution >= 0.6 is 24.4 Å². The highest BCUT2D eigenvalue weighted by atomic mass is 32.1. The lowest BCUT2D eigenvalue weighted by Crippen LogP contribution is -2.23. The van der Waals surface area contributed by atoms with E-state index < -0.39 is 6.29 Å². The van der Waals surface area contributed by atoms with Gasteiger partial charge in [0.25, 0.3) is 6.29 Å². The quantitative estimate of drug-likeness (QED) is 0.0496. The lowest BCUT2D eigenvalue weighted by atomic mass is 10.0. The molecule has 0 saturated heterocycles. The molecular formula is C39H68O2S2. The maximum atomic E-state index is 6.30. The van der Waals surface area contributed by atoms with Crippen molar-refractivity contribution in [3.05, 3.63) is 35.9 Å². The Hall–Kier alpha value is -1.00. The first-order chi connectivity index (χ1) is 21.0. The molecule has 43 heavy (non-hydrogen) atoms. The monoisotopic (exact) mass is 632 g/mol. The van der Waals surface area contributed by atoms with Crippen molar-refractivity contribution in [1.82, 2.24) is 0 Å². The van der Waals surface area contributed by atoms with Crippen LogP contribution in [0.1, 0.15) is 194 Å². The third-order valence-electron chi connectivity index (χ3n) is 8.80. The summed E-state index contributed by atoms with van der Waals surface area (Å²) in [5.41, 5.74) is 0.969. The standard InChI is InChI=1S/C39H68O2S2/c1-5-7-9-11-13-15-17-19-21-23-26-30-34(3)38(42)40-37(36-32-28-25-29-33-36)41-39(43)35(4)31-27-24-22-20-18-16-14-12-10-8-6-2/h25,28-29,32-35,37H,5-24,26-27,30-31H2,1-4H3. The van der Waals surface area contributed by atoms with Crippen LogP contribution in [0.25, 0.3) is 0 Å². The number of hydrogen-bond acceptors (Lipinski definition) is 4. The number of hydrogen-bond donors (Lipinski definition) is 0. The number of benzene rings is 1. The molecule has 248 valence electrons. The Balaban J connectivity index is 2.31. The van der Waals surface area contributed by atoms with Crippen LogP contribution in [-0.4, -0.2) is 10.1 Å². The molecule has 2 atom stereocenters. The summed E-state index contributed by atoms with van der Waals surface area (Å²) in [6.45, 7) is 8.95. The Kier molecular flexibility index (Phi) is 26.5. The smallest absolute Gasteiger partial charge is 0.268 e. The molecule has 4 heteroatoms. The first-order valence-corrected chi connectivity index (χ1v) is 19.3. The molecule has 0 fully saturated rings. The van der Waals surface area contributed by atoms with E-state index in [1.54, 1.807) is 0 Å². The summed E-state index contributed by atoms with van der Waals surface area (Å²) in [6.07, 6.45) is 31.4. The van der Waals surface area contributed by atoms with Gasteiger partial charge < -0.3 is 9.47 Å². The van der Waals surface area contributed by atoms with E-state index in [0.29, 0.717) is 10.1 Å². The SMILES string of the molecule is CCCCCCCCCCCCCC(C)C(=S)OC(OC(=S)C(C)CCCCCCCCCCCCC)c1ccccc1. The Morgan fingerprint density at radius 3 is 1.12 bits per heavy atom. The van der Waals surface area contributed by atoms with Crippen molar-refractivity contribution in [3.8, 4) is 0 Å². The summed E-state index contributed by atoms with van der Waals surface area (Å²) < 4.78 is 12.6. The fourth-order valence-electron chi connectivity index (χ4n) is 5.68. The third-order valence-corrected chi connectivity index (χ3v) is 9.80. The Labute approximate surface area is 278 Å². The number of thiocarbonyl (C=S) groups is 2. The normalized spacial score (nSPS) is 13.4. The number of ether oxygens (including phenoxy) is 2. The number of unbranched alkanes of at least 4 members (excludes halogenated alkanes) is 20. The van der Waals surface area contributed by atoms with Gasteiger partial charge in [0.2, 0.25) is 0 Å². The highest BCUT2D eigenvalue weighted by Gasteiger charge is 2.23. The van der Waals surface area contributed by atoms with Gasteiger partial charge in [0.1, 0.15) is 0 Å². The first kappa shape index (κ1) is 40.0. The van der Waals surface area contributed by atoms with Gasteiger partial charge >= 0.3 is 0 Å². The lowest BCUT2D eigenvalue weighted by molar-refractivity contribution is -0.0213. The molecule has 1 rings (SSSR count). The van der Waals surface area contributed by atoms with Gasteiger partial charge in [-0.05, 0) is 37.3 Å². The van der Waals surface area contributed by atoms with E-state index in [2.05, 4.69) is 27.7 Å². The molecule has 0 amide bonds. The van der Waals surface area contributed by atoms with Gasteiger partial charge in [-0.1, -0.05) is 199 Å². The van der Waals surface area contributed by atoms with Gasteiger partial charge in [0.05, 0.1) is 0 Å². The first-order valence-electron chi connectivity index (χ1n) is 18.5. The van der Waals surface area contributed by atoms with E-state index in [1.165, 1.54) is 141 Å². The molecular weight excluding hydrogens is 565 g/mol. The fourth-order valence-corrected chi connectivity index (χ4v) is 6.09. The summed E-state index contributed by atoms with van der Waals surface area (Å²) in [6, 6.07) is 10.1. The van der Waals surface area contributed by atoms with Crippen molar-refractivity contribution in [1.29, 1.82) is 0 Å². The van der Waals surface area contributed by atoms with Crippen LogP contribution in [0, 0.1) is 11.8 Å². The van der Waals surface area contributed by atoms with Crippen LogP contribution in [0.2, 0.25) is 0 Å². The van der Waals surface area contributed by atoms with Crippen LogP contribution < -0.4 is 0 Å². The molecule has 0 radical (unpaired) electrons. The van der Waals surface area contributed by atoms with E-state index in [4.69, 9.17) is 33.9 Å². The Morgan fingerprint density at radius 2 is 0.791 bits per heavy atom. The molecule has 0 aliphatic carbocycles. The molecule has 0 aliphatic heterocycles. The maximum absolute atomic E-state index is 6.30. The van der Waals surface area contributed by atoms with Gasteiger partial charge in [-0.2, -0.15) is 0 Å². The summed E-state index contributed by atoms with van der Waals surface area (Å²) >= 11 is 11.5. The topological polar surface area (TPSA) is 18.5 Å². The lowest BCUT2D eigenvalue weighted by Gasteiger charge is -2.25. The second-order valence-corrected chi connectivity index (χ2v) is 13.9. The molecule has 0 aromatic heterocycles. The Morgan fingerprint density at radius 1 is 0.488 bits per heavy atom. The van der Waals surface area contributed by atoms with Crippen molar-refractivity contribution in [2.75, 3.05) is 0 Å². The fraction of sp³-hybridized carbons (Fsp3) is 0.795. The summed E-state index contributed by atoms with van der Waals surface area (Å²) in [7, 11) is 0. The molecule has 0 spiro atoms. The van der Waals surface area contributed by atoms with Gasteiger partial charge in [-0.25, -0.2) is 0 Å². The van der Waals surface area contributed by atoms with E-state index in [0.717, 1.165) is 18.4 Å². The minimum atomic E-state index is -0.569. The summed E-state index contributed by atoms with van der Waals surface area (Å²) in [5, 5.41) is 1.28. The minimum Gasteiger partial charge on any atom is -0.444 e. The maximum Gasteiger partial charge on any atom is 0.268 e. The largest absolute Gasteiger partial charge is 0.444 e. The van der Waals surface area contributed by atoms with Crippen LogP contribution in [0.15, 0.2) is 30.3 Å². The molecule has 2 unspecified atom stereocenters. The average Bonchev–Trinajstić information content (AvgIpc) is 3.02. The second-order valence-electron chi connectivity index (χ2n) is 13.1. The van der Waals surface area contributed by atoms with Crippen molar-refractivity contribution in [2.45, 2.75) is 188 Å². The zero-order valence-corrected chi connectivity index (χ0v) is 30.4. The van der Waals surface area contributed by atoms with Gasteiger partial charge in [0, 0.05) is 17.4 Å². The molecule has 0 N–H and O–H groups in total.